The van der Waals surface area contributed by atoms with Crippen molar-refractivity contribution in [2.45, 2.75) is 51.0 Å². The van der Waals surface area contributed by atoms with Gasteiger partial charge in [0, 0.05) is 44.0 Å². The van der Waals surface area contributed by atoms with Crippen LogP contribution >= 0.6 is 0 Å². The molecule has 0 spiro atoms. The molecule has 1 saturated carbocycles. The number of benzene rings is 1. The van der Waals surface area contributed by atoms with Crippen LogP contribution in [0.25, 0.3) is 0 Å². The van der Waals surface area contributed by atoms with Crippen LogP contribution < -0.4 is 15.5 Å². The van der Waals surface area contributed by atoms with Crippen LogP contribution in [0.5, 0.6) is 0 Å². The first-order valence-electron chi connectivity index (χ1n) is 11.1. The highest BCUT2D eigenvalue weighted by Gasteiger charge is 2.37. The van der Waals surface area contributed by atoms with Crippen LogP contribution in [-0.4, -0.2) is 42.6 Å². The Kier molecular flexibility index (Phi) is 7.80. The van der Waals surface area contributed by atoms with Crippen LogP contribution in [-0.2, 0) is 12.4 Å². The van der Waals surface area contributed by atoms with Crippen molar-refractivity contribution < 1.29 is 31.1 Å². The predicted molar refractivity (Wildman–Crippen MR) is 119 cm³/mol. The Bertz CT molecular complexity index is 1010. The zero-order valence-electron chi connectivity index (χ0n) is 19.5. The minimum absolute atomic E-state index is 0.00818. The Hall–Kier alpha value is -3.05. The third-order valence-corrected chi connectivity index (χ3v) is 5.95. The lowest BCUT2D eigenvalue weighted by molar-refractivity contribution is -0.143. The summed E-state index contributed by atoms with van der Waals surface area (Å²) in [6.45, 7) is 2.52. The Balaban J connectivity index is 1.57. The van der Waals surface area contributed by atoms with Gasteiger partial charge in [0.15, 0.2) is 0 Å². The van der Waals surface area contributed by atoms with Gasteiger partial charge in [-0.25, -0.2) is 4.98 Å². The lowest BCUT2D eigenvalue weighted by Gasteiger charge is -2.29. The molecular formula is C23H27F6N5O. The summed E-state index contributed by atoms with van der Waals surface area (Å²) in [6.07, 6.45) is -5.72. The van der Waals surface area contributed by atoms with Crippen LogP contribution in [0.15, 0.2) is 24.4 Å². The second-order valence-electron chi connectivity index (χ2n) is 8.96. The fourth-order valence-electron chi connectivity index (χ4n) is 4.07. The van der Waals surface area contributed by atoms with E-state index in [1.165, 1.54) is 0 Å². The Morgan fingerprint density at radius 1 is 1.00 bits per heavy atom. The Morgan fingerprint density at radius 3 is 2.09 bits per heavy atom. The summed E-state index contributed by atoms with van der Waals surface area (Å²) >= 11 is 0. The number of halogens is 6. The number of alkyl halides is 6. The molecule has 192 valence electrons. The van der Waals surface area contributed by atoms with Crippen LogP contribution in [0.3, 0.4) is 0 Å². The summed E-state index contributed by atoms with van der Waals surface area (Å²) in [6, 6.07) is 0.570. The first-order valence-corrected chi connectivity index (χ1v) is 11.1. The average molecular weight is 503 g/mol. The number of anilines is 2. The van der Waals surface area contributed by atoms with E-state index in [2.05, 4.69) is 20.6 Å². The second kappa shape index (κ2) is 10.3. The van der Waals surface area contributed by atoms with Gasteiger partial charge in [-0.3, -0.25) is 4.79 Å². The number of aromatic nitrogens is 2. The molecule has 2 N–H and O–H groups in total. The van der Waals surface area contributed by atoms with Crippen molar-refractivity contribution >= 4 is 17.7 Å². The van der Waals surface area contributed by atoms with Crippen molar-refractivity contribution in [2.24, 2.45) is 5.92 Å². The third kappa shape index (κ3) is 6.98. The van der Waals surface area contributed by atoms with Gasteiger partial charge in [-0.1, -0.05) is 0 Å². The highest BCUT2D eigenvalue weighted by atomic mass is 19.4. The van der Waals surface area contributed by atoms with Gasteiger partial charge < -0.3 is 15.5 Å². The molecule has 1 aromatic heterocycles. The monoisotopic (exact) mass is 503 g/mol. The number of nitrogens with one attached hydrogen (secondary N) is 2. The van der Waals surface area contributed by atoms with E-state index >= 15 is 0 Å². The number of carbonyl (C=O) groups excluding carboxylic acids is 1. The van der Waals surface area contributed by atoms with Gasteiger partial charge in [0.25, 0.3) is 5.91 Å². The SMILES string of the molecule is Cc1cnc(NCC2CCC(NC(=O)c3cc(C(F)(F)F)cc(C(F)(F)F)c3)CC2)nc1N(C)C. The summed E-state index contributed by atoms with van der Waals surface area (Å²) in [5, 5.41) is 5.80. The molecular weight excluding hydrogens is 476 g/mol. The zero-order chi connectivity index (χ0) is 26.0. The van der Waals surface area contributed by atoms with Gasteiger partial charge in [0.05, 0.1) is 11.1 Å². The van der Waals surface area contributed by atoms with Crippen molar-refractivity contribution in [3.8, 4) is 0 Å². The largest absolute Gasteiger partial charge is 0.416 e. The minimum Gasteiger partial charge on any atom is -0.362 e. The molecule has 1 amide bonds. The van der Waals surface area contributed by atoms with E-state index in [4.69, 9.17) is 0 Å². The number of carbonyl (C=O) groups is 1. The lowest BCUT2D eigenvalue weighted by atomic mass is 9.86. The number of hydrogen-bond acceptors (Lipinski definition) is 5. The van der Waals surface area contributed by atoms with Crippen LogP contribution in [0, 0.1) is 12.8 Å². The Morgan fingerprint density at radius 2 is 1.57 bits per heavy atom. The predicted octanol–water partition coefficient (Wildman–Crippen LogP) is 5.29. The smallest absolute Gasteiger partial charge is 0.362 e. The lowest BCUT2D eigenvalue weighted by Crippen LogP contribution is -2.38. The fraction of sp³-hybridized carbons (Fsp3) is 0.522. The molecule has 6 nitrogen and oxygen atoms in total. The molecule has 0 bridgehead atoms. The molecule has 3 rings (SSSR count). The molecule has 1 aliphatic carbocycles. The molecule has 0 radical (unpaired) electrons. The molecule has 35 heavy (non-hydrogen) atoms. The highest BCUT2D eigenvalue weighted by molar-refractivity contribution is 5.94. The first-order chi connectivity index (χ1) is 16.2. The second-order valence-corrected chi connectivity index (χ2v) is 8.96. The van der Waals surface area contributed by atoms with Gasteiger partial charge in [0.2, 0.25) is 5.95 Å². The summed E-state index contributed by atoms with van der Waals surface area (Å²) in [5.74, 6) is 0.616. The molecule has 12 heteroatoms. The van der Waals surface area contributed by atoms with Gasteiger partial charge in [0.1, 0.15) is 5.82 Å². The molecule has 1 aromatic carbocycles. The van der Waals surface area contributed by atoms with E-state index in [-0.39, 0.29) is 18.0 Å². The van der Waals surface area contributed by atoms with E-state index in [0.29, 0.717) is 37.5 Å². The number of amides is 1. The van der Waals surface area contributed by atoms with Gasteiger partial charge in [-0.2, -0.15) is 31.3 Å². The van der Waals surface area contributed by atoms with E-state index in [0.717, 1.165) is 24.2 Å². The zero-order valence-corrected chi connectivity index (χ0v) is 19.5. The number of nitrogens with zero attached hydrogens (tertiary/aromatic N) is 3. The maximum atomic E-state index is 13.1. The summed E-state index contributed by atoms with van der Waals surface area (Å²) in [5.41, 5.74) is -2.74. The Labute approximate surface area is 199 Å². The molecule has 0 unspecified atom stereocenters. The van der Waals surface area contributed by atoms with E-state index < -0.39 is 35.0 Å². The van der Waals surface area contributed by atoms with Crippen molar-refractivity contribution in [2.75, 3.05) is 30.9 Å². The fourth-order valence-corrected chi connectivity index (χ4v) is 4.07. The third-order valence-electron chi connectivity index (χ3n) is 5.95. The van der Waals surface area contributed by atoms with Crippen LogP contribution in [0.1, 0.15) is 52.7 Å². The molecule has 0 saturated heterocycles. The molecule has 1 heterocycles. The maximum absolute atomic E-state index is 13.1. The molecule has 2 aromatic rings. The van der Waals surface area contributed by atoms with Crippen LogP contribution in [0.4, 0.5) is 38.1 Å². The van der Waals surface area contributed by atoms with Gasteiger partial charge in [-0.15, -0.1) is 0 Å². The topological polar surface area (TPSA) is 70.1 Å². The number of aryl methyl sites for hydroxylation is 1. The normalized spacial score (nSPS) is 18.8. The van der Waals surface area contributed by atoms with Crippen molar-refractivity contribution in [3.63, 3.8) is 0 Å². The van der Waals surface area contributed by atoms with Gasteiger partial charge in [-0.05, 0) is 56.7 Å². The molecule has 1 fully saturated rings. The van der Waals surface area contributed by atoms with Crippen molar-refractivity contribution in [1.82, 2.24) is 15.3 Å². The highest BCUT2D eigenvalue weighted by Crippen LogP contribution is 2.36. The van der Waals surface area contributed by atoms with Crippen molar-refractivity contribution in [1.29, 1.82) is 0 Å². The van der Waals surface area contributed by atoms with Crippen LogP contribution in [0.2, 0.25) is 0 Å². The molecule has 0 atom stereocenters. The summed E-state index contributed by atoms with van der Waals surface area (Å²) in [4.78, 5) is 23.1. The first kappa shape index (κ1) is 26.6. The molecule has 0 aliphatic heterocycles. The van der Waals surface area contributed by atoms with Gasteiger partial charge >= 0.3 is 12.4 Å². The molecule has 1 aliphatic rings. The van der Waals surface area contributed by atoms with Crippen molar-refractivity contribution in [3.05, 3.63) is 46.6 Å². The van der Waals surface area contributed by atoms with E-state index in [1.807, 2.05) is 25.9 Å². The number of hydrogen-bond donors (Lipinski definition) is 2. The van der Waals surface area contributed by atoms with E-state index in [9.17, 15) is 31.1 Å². The number of rotatable bonds is 6. The standard InChI is InChI=1S/C23H27F6N5O/c1-13-11-30-21(33-19(13)34(2)3)31-12-14-4-6-18(7-5-14)32-20(35)15-8-16(22(24,25)26)10-17(9-15)23(27,28)29/h8-11,14,18H,4-7,12H2,1-3H3,(H,32,35)(H,30,31,33). The summed E-state index contributed by atoms with van der Waals surface area (Å²) < 4.78 is 78.4. The quantitative estimate of drug-likeness (QED) is 0.525. The average Bonchev–Trinajstić information content (AvgIpc) is 2.77. The maximum Gasteiger partial charge on any atom is 0.416 e. The minimum atomic E-state index is -5.00. The summed E-state index contributed by atoms with van der Waals surface area (Å²) in [7, 11) is 3.77. The van der Waals surface area contributed by atoms with E-state index in [1.54, 1.807) is 6.20 Å².